The minimum Gasteiger partial charge on any atom is -0.486 e. The number of hydrogen-bond donors (Lipinski definition) is 3. The molecule has 4 aliphatic rings. The van der Waals surface area contributed by atoms with Gasteiger partial charge in [-0.3, -0.25) is 9.59 Å². The normalized spacial score (nSPS) is 32.4. The first-order valence-corrected chi connectivity index (χ1v) is 12.6. The zero-order valence-corrected chi connectivity index (χ0v) is 19.8. The van der Waals surface area contributed by atoms with Gasteiger partial charge in [-0.25, -0.2) is 0 Å². The molecule has 2 fully saturated rings. The maximum Gasteiger partial charge on any atom is 0.406 e. The van der Waals surface area contributed by atoms with Crippen molar-refractivity contribution in [1.82, 2.24) is 10.2 Å². The summed E-state index contributed by atoms with van der Waals surface area (Å²) in [5.74, 6) is -0.586. The van der Waals surface area contributed by atoms with Crippen molar-refractivity contribution < 1.29 is 37.7 Å². The van der Waals surface area contributed by atoms with Crippen LogP contribution in [0.4, 0.5) is 13.2 Å². The highest BCUT2D eigenvalue weighted by Crippen LogP contribution is 2.50. The van der Waals surface area contributed by atoms with Crippen molar-refractivity contribution in [2.45, 2.75) is 62.4 Å². The number of benzene rings is 1. The molecular weight excluding hydrogens is 477 g/mol. The number of ether oxygens (including phenoxy) is 1. The number of para-hydroxylation sites is 1. The van der Waals surface area contributed by atoms with Crippen LogP contribution in [0.15, 0.2) is 35.9 Å². The molecule has 196 valence electrons. The van der Waals surface area contributed by atoms with Crippen LogP contribution in [0.25, 0.3) is 0 Å². The maximum atomic E-state index is 13.7. The van der Waals surface area contributed by atoms with E-state index in [9.17, 15) is 27.9 Å². The summed E-state index contributed by atoms with van der Waals surface area (Å²) in [5, 5.41) is 23.0. The minimum absolute atomic E-state index is 0.00444. The molecule has 2 bridgehead atoms. The number of rotatable bonds is 7. The lowest BCUT2D eigenvalue weighted by molar-refractivity contribution is -0.171. The van der Waals surface area contributed by atoms with Gasteiger partial charge in [0.15, 0.2) is 0 Å². The van der Waals surface area contributed by atoms with Crippen LogP contribution < -0.4 is 10.1 Å². The predicted octanol–water partition coefficient (Wildman–Crippen LogP) is 2.53. The molecule has 7 nitrogen and oxygen atoms in total. The number of amides is 2. The van der Waals surface area contributed by atoms with Gasteiger partial charge in [0.05, 0.1) is 18.6 Å². The van der Waals surface area contributed by atoms with Gasteiger partial charge < -0.3 is 25.2 Å². The predicted molar refractivity (Wildman–Crippen MR) is 123 cm³/mol. The van der Waals surface area contributed by atoms with Gasteiger partial charge in [-0.15, -0.1) is 0 Å². The molecule has 3 aliphatic carbocycles. The second-order valence-corrected chi connectivity index (χ2v) is 10.5. The Hall–Kier alpha value is -2.59. The molecule has 0 aromatic heterocycles. The lowest BCUT2D eigenvalue weighted by Crippen LogP contribution is -2.57. The van der Waals surface area contributed by atoms with Gasteiger partial charge in [-0.05, 0) is 49.2 Å². The number of halogens is 3. The van der Waals surface area contributed by atoms with E-state index in [1.807, 2.05) is 0 Å². The fourth-order valence-electron chi connectivity index (χ4n) is 6.71. The Balaban J connectivity index is 1.48. The van der Waals surface area contributed by atoms with E-state index in [0.29, 0.717) is 28.0 Å². The van der Waals surface area contributed by atoms with Crippen molar-refractivity contribution in [2.24, 2.45) is 17.8 Å². The standard InChI is InChI=1S/C26H31F3N2O5/c27-26(28,29)13-31(21(33)11-16-10-14-5-6-15(16)9-14)19-12-18(25(35)30-7-8-32)22-17-3-1-2-4-20(17)36-24(22)23(19)34/h1-4,12,14-16,19,22-24,32,34H,5-11,13H2,(H,30,35)/t14?,15?,16?,19-,22+,23+,24+/m1/s1. The Labute approximate surface area is 207 Å². The van der Waals surface area contributed by atoms with E-state index in [-0.39, 0.29) is 31.1 Å². The Bertz CT molecular complexity index is 1040. The number of aliphatic hydroxyl groups is 2. The summed E-state index contributed by atoms with van der Waals surface area (Å²) in [5.41, 5.74) is 0.759. The number of alkyl halides is 3. The van der Waals surface area contributed by atoms with Crippen molar-refractivity contribution in [3.63, 3.8) is 0 Å². The Morgan fingerprint density at radius 3 is 2.61 bits per heavy atom. The van der Waals surface area contributed by atoms with E-state index in [4.69, 9.17) is 9.84 Å². The van der Waals surface area contributed by atoms with Gasteiger partial charge in [0, 0.05) is 24.1 Å². The van der Waals surface area contributed by atoms with Crippen LogP contribution in [0.1, 0.15) is 43.6 Å². The van der Waals surface area contributed by atoms with Crippen LogP contribution in [0.5, 0.6) is 5.75 Å². The zero-order chi connectivity index (χ0) is 25.6. The first-order valence-electron chi connectivity index (χ1n) is 12.6. The number of fused-ring (bicyclic) bond motifs is 5. The van der Waals surface area contributed by atoms with Crippen LogP contribution >= 0.6 is 0 Å². The number of carbonyl (C=O) groups excluding carboxylic acids is 2. The van der Waals surface area contributed by atoms with Crippen molar-refractivity contribution in [3.05, 3.63) is 41.5 Å². The summed E-state index contributed by atoms with van der Waals surface area (Å²) in [6, 6.07) is 5.51. The van der Waals surface area contributed by atoms with Gasteiger partial charge in [0.2, 0.25) is 11.8 Å². The average molecular weight is 509 g/mol. The van der Waals surface area contributed by atoms with Gasteiger partial charge in [0.1, 0.15) is 24.5 Å². The highest BCUT2D eigenvalue weighted by atomic mass is 19.4. The van der Waals surface area contributed by atoms with Crippen LogP contribution in [-0.2, 0) is 9.59 Å². The molecule has 1 heterocycles. The molecular formula is C26H31F3N2O5. The Kier molecular flexibility index (Phi) is 6.76. The molecule has 2 saturated carbocycles. The Morgan fingerprint density at radius 2 is 1.94 bits per heavy atom. The van der Waals surface area contributed by atoms with E-state index >= 15 is 0 Å². The number of carbonyl (C=O) groups is 2. The fourth-order valence-corrected chi connectivity index (χ4v) is 6.71. The Morgan fingerprint density at radius 1 is 1.17 bits per heavy atom. The third-order valence-corrected chi connectivity index (χ3v) is 8.23. The molecule has 3 unspecified atom stereocenters. The van der Waals surface area contributed by atoms with Crippen molar-refractivity contribution in [3.8, 4) is 5.75 Å². The molecule has 3 N–H and O–H groups in total. The summed E-state index contributed by atoms with van der Waals surface area (Å²) < 4.78 is 47.0. The smallest absolute Gasteiger partial charge is 0.406 e. The topological polar surface area (TPSA) is 99.1 Å². The average Bonchev–Trinajstić information content (AvgIpc) is 3.55. The van der Waals surface area contributed by atoms with E-state index in [0.717, 1.165) is 25.7 Å². The second kappa shape index (κ2) is 9.70. The molecule has 1 aromatic rings. The molecule has 10 heteroatoms. The highest BCUT2D eigenvalue weighted by Gasteiger charge is 2.52. The van der Waals surface area contributed by atoms with Crippen LogP contribution in [0.2, 0.25) is 0 Å². The zero-order valence-electron chi connectivity index (χ0n) is 19.8. The summed E-state index contributed by atoms with van der Waals surface area (Å²) in [6.45, 7) is -1.88. The first-order chi connectivity index (χ1) is 17.2. The fraction of sp³-hybridized carbons (Fsp3) is 0.615. The van der Waals surface area contributed by atoms with Crippen molar-refractivity contribution in [2.75, 3.05) is 19.7 Å². The summed E-state index contributed by atoms with van der Waals surface area (Å²) in [6.07, 6.45) is -1.93. The monoisotopic (exact) mass is 508 g/mol. The summed E-state index contributed by atoms with van der Waals surface area (Å²) in [4.78, 5) is 27.1. The quantitative estimate of drug-likeness (QED) is 0.526. The molecule has 36 heavy (non-hydrogen) atoms. The number of hydrogen-bond acceptors (Lipinski definition) is 5. The van der Waals surface area contributed by atoms with Gasteiger partial charge in [0.25, 0.3) is 0 Å². The highest BCUT2D eigenvalue weighted by molar-refractivity contribution is 5.96. The molecule has 5 rings (SSSR count). The summed E-state index contributed by atoms with van der Waals surface area (Å²) >= 11 is 0. The van der Waals surface area contributed by atoms with Crippen LogP contribution in [-0.4, -0.2) is 71.0 Å². The molecule has 2 amide bonds. The van der Waals surface area contributed by atoms with Crippen molar-refractivity contribution >= 4 is 11.8 Å². The number of aliphatic hydroxyl groups excluding tert-OH is 2. The molecule has 7 atom stereocenters. The van der Waals surface area contributed by atoms with Gasteiger partial charge in [-0.1, -0.05) is 24.6 Å². The molecule has 0 saturated heterocycles. The molecule has 1 aromatic carbocycles. The van der Waals surface area contributed by atoms with Crippen LogP contribution in [0, 0.1) is 17.8 Å². The number of nitrogens with zero attached hydrogens (tertiary/aromatic N) is 1. The SMILES string of the molecule is O=C(NCCO)C1=C[C@@H](N(CC(F)(F)F)C(=O)CC2CC3CCC2C3)[C@H](O)[C@H]2Oc3ccccc3[C@@H]12. The van der Waals surface area contributed by atoms with Crippen LogP contribution in [0.3, 0.4) is 0 Å². The van der Waals surface area contributed by atoms with Gasteiger partial charge in [-0.2, -0.15) is 13.2 Å². The largest absolute Gasteiger partial charge is 0.486 e. The maximum absolute atomic E-state index is 13.7. The number of nitrogens with one attached hydrogen (secondary N) is 1. The van der Waals surface area contributed by atoms with E-state index < -0.39 is 48.7 Å². The van der Waals surface area contributed by atoms with Gasteiger partial charge >= 0.3 is 6.18 Å². The second-order valence-electron chi connectivity index (χ2n) is 10.5. The van der Waals surface area contributed by atoms with E-state index in [1.165, 1.54) is 6.08 Å². The molecule has 1 aliphatic heterocycles. The summed E-state index contributed by atoms with van der Waals surface area (Å²) in [7, 11) is 0. The van der Waals surface area contributed by atoms with E-state index in [2.05, 4.69) is 5.32 Å². The lowest BCUT2D eigenvalue weighted by atomic mass is 9.77. The van der Waals surface area contributed by atoms with E-state index in [1.54, 1.807) is 24.3 Å². The third-order valence-electron chi connectivity index (χ3n) is 8.23. The van der Waals surface area contributed by atoms with Crippen molar-refractivity contribution in [1.29, 1.82) is 0 Å². The first kappa shape index (κ1) is 25.1. The molecule has 0 radical (unpaired) electrons. The third kappa shape index (κ3) is 4.72. The molecule has 0 spiro atoms. The minimum atomic E-state index is -4.69. The lowest BCUT2D eigenvalue weighted by Gasteiger charge is -2.41.